The van der Waals surface area contributed by atoms with Crippen molar-refractivity contribution in [2.45, 2.75) is 51.2 Å². The van der Waals surface area contributed by atoms with E-state index in [4.69, 9.17) is 4.74 Å². The summed E-state index contributed by atoms with van der Waals surface area (Å²) in [5.41, 5.74) is 0.463. The zero-order chi connectivity index (χ0) is 20.7. The number of nitrogens with zero attached hydrogens (tertiary/aromatic N) is 2. The SMILES string of the molecule is CCN(CC)CCCNC(=O)c1ccc(S(=O)(=O)N2C[C@H](C)O[C@@H](C)C2)cc1. The molecule has 0 radical (unpaired) electrons. The summed E-state index contributed by atoms with van der Waals surface area (Å²) in [5, 5.41) is 2.89. The van der Waals surface area contributed by atoms with Crippen LogP contribution in [-0.2, 0) is 14.8 Å². The van der Waals surface area contributed by atoms with Gasteiger partial charge < -0.3 is 15.0 Å². The number of hydrogen-bond donors (Lipinski definition) is 1. The molecule has 0 bridgehead atoms. The lowest BCUT2D eigenvalue weighted by Gasteiger charge is -2.34. The zero-order valence-corrected chi connectivity index (χ0v) is 18.2. The Labute approximate surface area is 169 Å². The maximum atomic E-state index is 12.9. The van der Waals surface area contributed by atoms with Crippen LogP contribution >= 0.6 is 0 Å². The molecule has 0 unspecified atom stereocenters. The van der Waals surface area contributed by atoms with Crippen LogP contribution in [0.5, 0.6) is 0 Å². The lowest BCUT2D eigenvalue weighted by atomic mass is 10.2. The van der Waals surface area contributed by atoms with Gasteiger partial charge in [-0.15, -0.1) is 0 Å². The number of nitrogens with one attached hydrogen (secondary N) is 1. The summed E-state index contributed by atoms with van der Waals surface area (Å²) in [6.45, 7) is 12.2. The Morgan fingerprint density at radius 2 is 1.71 bits per heavy atom. The Bertz CT molecular complexity index is 722. The summed E-state index contributed by atoms with van der Waals surface area (Å²) >= 11 is 0. The fourth-order valence-electron chi connectivity index (χ4n) is 3.40. The Kier molecular flexibility index (Phi) is 8.42. The number of morpholine rings is 1. The molecule has 8 heteroatoms. The third-order valence-electron chi connectivity index (χ3n) is 4.97. The standard InChI is InChI=1S/C20H33N3O4S/c1-5-22(6-2)13-7-12-21-20(24)18-8-10-19(11-9-18)28(25,26)23-14-16(3)27-17(4)15-23/h8-11,16-17H,5-7,12-15H2,1-4H3,(H,21,24)/t16-,17-/m0/s1. The third kappa shape index (κ3) is 6.01. The molecule has 158 valence electrons. The van der Waals surface area contributed by atoms with E-state index in [1.165, 1.54) is 16.4 Å². The number of hydrogen-bond acceptors (Lipinski definition) is 5. The predicted molar refractivity (Wildman–Crippen MR) is 110 cm³/mol. The van der Waals surface area contributed by atoms with Crippen LogP contribution in [0.2, 0.25) is 0 Å². The average molecular weight is 412 g/mol. The molecule has 0 aromatic heterocycles. The monoisotopic (exact) mass is 411 g/mol. The second-order valence-electron chi connectivity index (χ2n) is 7.24. The summed E-state index contributed by atoms with van der Waals surface area (Å²) < 4.78 is 32.8. The third-order valence-corrected chi connectivity index (χ3v) is 6.82. The second-order valence-corrected chi connectivity index (χ2v) is 9.18. The number of benzene rings is 1. The van der Waals surface area contributed by atoms with Crippen molar-refractivity contribution in [1.82, 2.24) is 14.5 Å². The Balaban J connectivity index is 1.94. The Hall–Kier alpha value is -1.48. The van der Waals surface area contributed by atoms with Gasteiger partial charge in [0, 0.05) is 25.2 Å². The normalized spacial score (nSPS) is 21.0. The van der Waals surface area contributed by atoms with Gasteiger partial charge in [0.1, 0.15) is 0 Å². The largest absolute Gasteiger partial charge is 0.373 e. The maximum Gasteiger partial charge on any atom is 0.251 e. The topological polar surface area (TPSA) is 79.0 Å². The average Bonchev–Trinajstić information content (AvgIpc) is 2.67. The van der Waals surface area contributed by atoms with Gasteiger partial charge in [-0.05, 0) is 64.2 Å². The van der Waals surface area contributed by atoms with Gasteiger partial charge in [0.15, 0.2) is 0 Å². The lowest BCUT2D eigenvalue weighted by Crippen LogP contribution is -2.48. The van der Waals surface area contributed by atoms with Gasteiger partial charge in [-0.1, -0.05) is 13.8 Å². The first-order valence-electron chi connectivity index (χ1n) is 10.0. The Morgan fingerprint density at radius 1 is 1.14 bits per heavy atom. The molecule has 1 aliphatic heterocycles. The molecule has 1 amide bonds. The van der Waals surface area contributed by atoms with Crippen LogP contribution < -0.4 is 5.32 Å². The van der Waals surface area contributed by atoms with E-state index < -0.39 is 10.0 Å². The molecule has 1 heterocycles. The van der Waals surface area contributed by atoms with Crippen LogP contribution in [0.1, 0.15) is 44.5 Å². The predicted octanol–water partition coefficient (Wildman–Crippen LogP) is 1.95. The minimum absolute atomic E-state index is 0.139. The maximum absolute atomic E-state index is 12.9. The van der Waals surface area contributed by atoms with Crippen molar-refractivity contribution < 1.29 is 17.9 Å². The summed E-state index contributed by atoms with van der Waals surface area (Å²) in [6.07, 6.45) is 0.604. The molecule has 0 aliphatic carbocycles. The van der Waals surface area contributed by atoms with E-state index in [9.17, 15) is 13.2 Å². The molecule has 0 spiro atoms. The van der Waals surface area contributed by atoms with E-state index in [0.29, 0.717) is 25.2 Å². The first-order valence-corrected chi connectivity index (χ1v) is 11.5. The van der Waals surface area contributed by atoms with Crippen LogP contribution in [0.25, 0.3) is 0 Å². The molecule has 2 atom stereocenters. The van der Waals surface area contributed by atoms with Gasteiger partial charge >= 0.3 is 0 Å². The van der Waals surface area contributed by atoms with Crippen molar-refractivity contribution in [3.63, 3.8) is 0 Å². The highest BCUT2D eigenvalue weighted by Crippen LogP contribution is 2.21. The minimum Gasteiger partial charge on any atom is -0.373 e. The van der Waals surface area contributed by atoms with Gasteiger partial charge in [0.25, 0.3) is 5.91 Å². The second kappa shape index (κ2) is 10.3. The van der Waals surface area contributed by atoms with Gasteiger partial charge in [-0.2, -0.15) is 4.31 Å². The van der Waals surface area contributed by atoms with Crippen LogP contribution in [0.15, 0.2) is 29.2 Å². The molecular formula is C20H33N3O4S. The van der Waals surface area contributed by atoms with Crippen molar-refractivity contribution in [3.05, 3.63) is 29.8 Å². The van der Waals surface area contributed by atoms with Gasteiger partial charge in [0.05, 0.1) is 17.1 Å². The Morgan fingerprint density at radius 3 is 2.25 bits per heavy atom. The van der Waals surface area contributed by atoms with Gasteiger partial charge in [0.2, 0.25) is 10.0 Å². The lowest BCUT2D eigenvalue weighted by molar-refractivity contribution is -0.0440. The molecule has 0 saturated carbocycles. The highest BCUT2D eigenvalue weighted by atomic mass is 32.2. The summed E-state index contributed by atoms with van der Waals surface area (Å²) in [7, 11) is -3.59. The number of ether oxygens (including phenoxy) is 1. The van der Waals surface area contributed by atoms with Crippen LogP contribution in [0.4, 0.5) is 0 Å². The fraction of sp³-hybridized carbons (Fsp3) is 0.650. The van der Waals surface area contributed by atoms with Crippen molar-refractivity contribution in [2.24, 2.45) is 0 Å². The quantitative estimate of drug-likeness (QED) is 0.629. The van der Waals surface area contributed by atoms with E-state index in [-0.39, 0.29) is 23.0 Å². The summed E-state index contributed by atoms with van der Waals surface area (Å²) in [5.74, 6) is -0.183. The molecule has 1 aromatic rings. The molecule has 28 heavy (non-hydrogen) atoms. The van der Waals surface area contributed by atoms with Gasteiger partial charge in [-0.3, -0.25) is 4.79 Å². The molecule has 1 aliphatic rings. The van der Waals surface area contributed by atoms with Crippen LogP contribution in [-0.4, -0.2) is 75.0 Å². The zero-order valence-electron chi connectivity index (χ0n) is 17.3. The number of amides is 1. The smallest absolute Gasteiger partial charge is 0.251 e. The number of carbonyl (C=O) groups excluding carboxylic acids is 1. The number of carbonyl (C=O) groups is 1. The molecular weight excluding hydrogens is 378 g/mol. The highest BCUT2D eigenvalue weighted by Gasteiger charge is 2.32. The summed E-state index contributed by atoms with van der Waals surface area (Å²) in [4.78, 5) is 14.8. The van der Waals surface area contributed by atoms with Crippen molar-refractivity contribution in [3.8, 4) is 0 Å². The van der Waals surface area contributed by atoms with E-state index in [2.05, 4.69) is 24.1 Å². The van der Waals surface area contributed by atoms with E-state index in [1.54, 1.807) is 12.1 Å². The highest BCUT2D eigenvalue weighted by molar-refractivity contribution is 7.89. The minimum atomic E-state index is -3.59. The van der Waals surface area contributed by atoms with E-state index in [0.717, 1.165) is 26.1 Å². The molecule has 1 saturated heterocycles. The first-order chi connectivity index (χ1) is 13.3. The molecule has 2 rings (SSSR count). The molecule has 1 N–H and O–H groups in total. The fourth-order valence-corrected chi connectivity index (χ4v) is 4.99. The van der Waals surface area contributed by atoms with Crippen molar-refractivity contribution in [2.75, 3.05) is 39.3 Å². The molecule has 7 nitrogen and oxygen atoms in total. The van der Waals surface area contributed by atoms with E-state index >= 15 is 0 Å². The number of sulfonamides is 1. The van der Waals surface area contributed by atoms with Crippen LogP contribution in [0, 0.1) is 0 Å². The first kappa shape index (κ1) is 22.8. The number of rotatable bonds is 9. The molecule has 1 fully saturated rings. The molecule has 1 aromatic carbocycles. The van der Waals surface area contributed by atoms with Crippen molar-refractivity contribution >= 4 is 15.9 Å². The summed E-state index contributed by atoms with van der Waals surface area (Å²) in [6, 6.07) is 6.15. The van der Waals surface area contributed by atoms with Crippen LogP contribution in [0.3, 0.4) is 0 Å². The van der Waals surface area contributed by atoms with E-state index in [1.807, 2.05) is 13.8 Å². The van der Waals surface area contributed by atoms with Gasteiger partial charge in [-0.25, -0.2) is 8.42 Å². The van der Waals surface area contributed by atoms with Crippen molar-refractivity contribution in [1.29, 1.82) is 0 Å².